The van der Waals surface area contributed by atoms with E-state index in [0.29, 0.717) is 12.0 Å². The molecule has 142 valence electrons. The van der Waals surface area contributed by atoms with Gasteiger partial charge in [0.05, 0.1) is 18.1 Å². The van der Waals surface area contributed by atoms with Gasteiger partial charge in [-0.1, -0.05) is 12.2 Å². The van der Waals surface area contributed by atoms with Gasteiger partial charge in [-0.05, 0) is 49.4 Å². The average Bonchev–Trinajstić information content (AvgIpc) is 3.27. The van der Waals surface area contributed by atoms with Crippen molar-refractivity contribution < 1.29 is 29.0 Å². The van der Waals surface area contributed by atoms with Gasteiger partial charge in [0.25, 0.3) is 5.91 Å². The number of carbonyl (C=O) groups excluding carboxylic acids is 4. The number of hydrogen-bond donors (Lipinski definition) is 2. The van der Waals surface area contributed by atoms with Crippen LogP contribution in [0.15, 0.2) is 36.4 Å². The predicted molar refractivity (Wildman–Crippen MR) is 90.7 cm³/mol. The number of nitrogens with one attached hydrogen (secondary N) is 2. The Labute approximate surface area is 155 Å². The minimum Gasteiger partial charge on any atom is -0.550 e. The van der Waals surface area contributed by atoms with Crippen LogP contribution in [0.2, 0.25) is 0 Å². The van der Waals surface area contributed by atoms with E-state index in [0.717, 1.165) is 0 Å². The van der Waals surface area contributed by atoms with Gasteiger partial charge in [0, 0.05) is 17.5 Å². The highest BCUT2D eigenvalue weighted by Crippen LogP contribution is 2.47. The Morgan fingerprint density at radius 2 is 1.59 bits per heavy atom. The number of carboxylic acid groups (broad SMARTS) is 1. The van der Waals surface area contributed by atoms with Crippen molar-refractivity contribution in [2.75, 3.05) is 6.61 Å². The average molecular weight is 371 g/mol. The second-order valence-corrected chi connectivity index (χ2v) is 6.56. The second kappa shape index (κ2) is 7.61. The monoisotopic (exact) mass is 371 g/mol. The first-order valence-electron chi connectivity index (χ1n) is 8.69. The summed E-state index contributed by atoms with van der Waals surface area (Å²) >= 11 is 0. The van der Waals surface area contributed by atoms with Crippen LogP contribution in [0.5, 0.6) is 0 Å². The van der Waals surface area contributed by atoms with Crippen LogP contribution in [0, 0.1) is 23.7 Å². The van der Waals surface area contributed by atoms with Crippen LogP contribution in [0.25, 0.3) is 0 Å². The number of hydrazine groups is 1. The number of allylic oxidation sites excluding steroid dienone is 2. The zero-order chi connectivity index (χ0) is 19.6. The van der Waals surface area contributed by atoms with E-state index in [9.17, 15) is 24.3 Å². The van der Waals surface area contributed by atoms with Gasteiger partial charge in [-0.3, -0.25) is 20.4 Å². The molecular formula is C19H19N2O6-. The van der Waals surface area contributed by atoms with Crippen LogP contribution < -0.4 is 16.0 Å². The van der Waals surface area contributed by atoms with Crippen molar-refractivity contribution >= 4 is 23.8 Å². The van der Waals surface area contributed by atoms with Gasteiger partial charge in [-0.2, -0.15) is 0 Å². The lowest BCUT2D eigenvalue weighted by molar-refractivity contribution is -0.313. The minimum absolute atomic E-state index is 0.168. The van der Waals surface area contributed by atoms with E-state index in [1.54, 1.807) is 13.0 Å². The van der Waals surface area contributed by atoms with Crippen molar-refractivity contribution in [2.45, 2.75) is 13.3 Å². The molecule has 0 radical (unpaired) electrons. The summed E-state index contributed by atoms with van der Waals surface area (Å²) in [5.41, 5.74) is 5.11. The molecule has 3 rings (SSSR count). The van der Waals surface area contributed by atoms with Gasteiger partial charge in [0.2, 0.25) is 5.91 Å². The fourth-order valence-corrected chi connectivity index (χ4v) is 3.75. The summed E-state index contributed by atoms with van der Waals surface area (Å²) in [4.78, 5) is 47.5. The molecule has 2 amide bonds. The van der Waals surface area contributed by atoms with Crippen LogP contribution in [0.4, 0.5) is 0 Å². The van der Waals surface area contributed by atoms with Gasteiger partial charge in [0.1, 0.15) is 0 Å². The SMILES string of the molecule is CCOC(=O)c1ccc(C(=O)NNC(=O)C2C3C=CC(C3)C2C(=O)[O-])cc1. The molecule has 1 aromatic carbocycles. The summed E-state index contributed by atoms with van der Waals surface area (Å²) in [6, 6.07) is 5.75. The quantitative estimate of drug-likeness (QED) is 0.420. The largest absolute Gasteiger partial charge is 0.550 e. The number of esters is 1. The van der Waals surface area contributed by atoms with E-state index in [2.05, 4.69) is 10.9 Å². The third-order valence-corrected chi connectivity index (χ3v) is 4.99. The number of ether oxygens (including phenoxy) is 1. The van der Waals surface area contributed by atoms with E-state index in [-0.39, 0.29) is 24.0 Å². The molecule has 1 aromatic rings. The Hall–Kier alpha value is -3.16. The highest BCUT2D eigenvalue weighted by atomic mass is 16.5. The normalized spacial score (nSPS) is 25.1. The zero-order valence-corrected chi connectivity index (χ0v) is 14.6. The molecule has 8 nitrogen and oxygen atoms in total. The molecule has 27 heavy (non-hydrogen) atoms. The highest BCUT2D eigenvalue weighted by molar-refractivity contribution is 5.97. The molecule has 4 atom stereocenters. The molecule has 1 fully saturated rings. The maximum atomic E-state index is 12.4. The first kappa shape index (κ1) is 18.6. The van der Waals surface area contributed by atoms with Crippen molar-refractivity contribution in [2.24, 2.45) is 23.7 Å². The van der Waals surface area contributed by atoms with Crippen LogP contribution in [0.3, 0.4) is 0 Å². The summed E-state index contributed by atoms with van der Waals surface area (Å²) in [6.45, 7) is 1.94. The molecule has 0 spiro atoms. The number of aliphatic carboxylic acids is 1. The molecular weight excluding hydrogens is 352 g/mol. The lowest BCUT2D eigenvalue weighted by Crippen LogP contribution is -2.50. The summed E-state index contributed by atoms with van der Waals surface area (Å²) in [5.74, 6) is -4.92. The number of rotatable bonds is 5. The number of benzene rings is 1. The maximum absolute atomic E-state index is 12.4. The first-order valence-corrected chi connectivity index (χ1v) is 8.69. The predicted octanol–water partition coefficient (Wildman–Crippen LogP) is -0.187. The fourth-order valence-electron chi connectivity index (χ4n) is 3.75. The van der Waals surface area contributed by atoms with Gasteiger partial charge in [0.15, 0.2) is 0 Å². The highest BCUT2D eigenvalue weighted by Gasteiger charge is 2.48. The van der Waals surface area contributed by atoms with Crippen molar-refractivity contribution in [1.29, 1.82) is 0 Å². The van der Waals surface area contributed by atoms with Gasteiger partial charge < -0.3 is 14.6 Å². The van der Waals surface area contributed by atoms with Crippen molar-refractivity contribution in [3.63, 3.8) is 0 Å². The lowest BCUT2D eigenvalue weighted by Gasteiger charge is -2.27. The van der Waals surface area contributed by atoms with E-state index < -0.39 is 35.6 Å². The summed E-state index contributed by atoms with van der Waals surface area (Å²) in [5, 5.41) is 11.3. The summed E-state index contributed by atoms with van der Waals surface area (Å²) in [6.07, 6.45) is 4.24. The number of fused-ring (bicyclic) bond motifs is 2. The molecule has 2 aliphatic rings. The molecule has 2 N–H and O–H groups in total. The van der Waals surface area contributed by atoms with Crippen molar-refractivity contribution in [3.05, 3.63) is 47.5 Å². The van der Waals surface area contributed by atoms with E-state index in [4.69, 9.17) is 4.74 Å². The second-order valence-electron chi connectivity index (χ2n) is 6.56. The number of carbonyl (C=O) groups is 4. The number of hydrogen-bond acceptors (Lipinski definition) is 6. The standard InChI is InChI=1S/C19H20N2O6/c1-2-27-19(26)11-5-3-10(4-6-11)16(22)20-21-17(23)14-12-7-8-13(9-12)15(14)18(24)25/h3-8,12-15H,2,9H2,1H3,(H,20,22)(H,21,23)(H,24,25)/p-1. The van der Waals surface area contributed by atoms with Gasteiger partial charge in [-0.25, -0.2) is 4.79 Å². The molecule has 0 saturated heterocycles. The summed E-state index contributed by atoms with van der Waals surface area (Å²) in [7, 11) is 0. The third-order valence-electron chi connectivity index (χ3n) is 4.99. The van der Waals surface area contributed by atoms with Crippen molar-refractivity contribution in [1.82, 2.24) is 10.9 Å². The van der Waals surface area contributed by atoms with Crippen LogP contribution >= 0.6 is 0 Å². The van der Waals surface area contributed by atoms with Gasteiger partial charge in [-0.15, -0.1) is 0 Å². The molecule has 2 bridgehead atoms. The molecule has 0 aliphatic heterocycles. The minimum atomic E-state index is -1.26. The van der Waals surface area contributed by atoms with E-state index >= 15 is 0 Å². The zero-order valence-electron chi connectivity index (χ0n) is 14.6. The Balaban J connectivity index is 1.59. The van der Waals surface area contributed by atoms with E-state index in [1.165, 1.54) is 24.3 Å². The Kier molecular flexibility index (Phi) is 5.25. The lowest BCUT2D eigenvalue weighted by atomic mass is 9.82. The fraction of sp³-hybridized carbons (Fsp3) is 0.368. The topological polar surface area (TPSA) is 125 Å². The van der Waals surface area contributed by atoms with Crippen LogP contribution in [-0.4, -0.2) is 30.4 Å². The van der Waals surface area contributed by atoms with E-state index in [1.807, 2.05) is 6.08 Å². The molecule has 0 heterocycles. The smallest absolute Gasteiger partial charge is 0.338 e. The van der Waals surface area contributed by atoms with Crippen molar-refractivity contribution in [3.8, 4) is 0 Å². The Morgan fingerprint density at radius 3 is 2.19 bits per heavy atom. The molecule has 4 unspecified atom stereocenters. The molecule has 8 heteroatoms. The molecule has 2 aliphatic carbocycles. The number of carboxylic acids is 1. The summed E-state index contributed by atoms with van der Waals surface area (Å²) < 4.78 is 4.86. The molecule has 1 saturated carbocycles. The Morgan fingerprint density at radius 1 is 1.00 bits per heavy atom. The first-order chi connectivity index (χ1) is 12.9. The third kappa shape index (κ3) is 3.69. The van der Waals surface area contributed by atoms with Crippen LogP contribution in [-0.2, 0) is 14.3 Å². The Bertz CT molecular complexity index is 801. The number of amides is 2. The van der Waals surface area contributed by atoms with Gasteiger partial charge >= 0.3 is 5.97 Å². The maximum Gasteiger partial charge on any atom is 0.338 e. The van der Waals surface area contributed by atoms with Crippen LogP contribution in [0.1, 0.15) is 34.1 Å². The molecule has 0 aromatic heterocycles.